The molecule has 0 aromatic heterocycles. The summed E-state index contributed by atoms with van der Waals surface area (Å²) < 4.78 is 1.14. The van der Waals surface area contributed by atoms with Crippen molar-refractivity contribution in [2.45, 2.75) is 20.3 Å². The van der Waals surface area contributed by atoms with Crippen molar-refractivity contribution >= 4 is 43.2 Å². The summed E-state index contributed by atoms with van der Waals surface area (Å²) in [6.45, 7) is 4.17. The van der Waals surface area contributed by atoms with Gasteiger partial charge in [0.2, 0.25) is 0 Å². The Balaban J connectivity index is 0.000000143. The van der Waals surface area contributed by atoms with Gasteiger partial charge in [-0.15, -0.1) is 0 Å². The van der Waals surface area contributed by atoms with Crippen LogP contribution in [0.2, 0.25) is 0 Å². The second kappa shape index (κ2) is 12.9. The summed E-state index contributed by atoms with van der Waals surface area (Å²) in [6, 6.07) is 46.4. The fourth-order valence-corrected chi connectivity index (χ4v) is 4.40. The van der Waals surface area contributed by atoms with Gasteiger partial charge in [-0.05, 0) is 77.2 Å². The summed E-state index contributed by atoms with van der Waals surface area (Å²) in [7, 11) is 0. The largest absolute Gasteiger partial charge is 0.399 e. The first-order valence-electron chi connectivity index (χ1n) is 12.5. The first-order chi connectivity index (χ1) is 18.0. The van der Waals surface area contributed by atoms with Crippen molar-refractivity contribution in [1.82, 2.24) is 0 Å². The zero-order valence-electron chi connectivity index (χ0n) is 21.4. The van der Waals surface area contributed by atoms with Crippen molar-refractivity contribution in [3.05, 3.63) is 160 Å². The number of nitrogen functional groups attached to an aromatic ring is 1. The average molecular weight is 547 g/mol. The van der Waals surface area contributed by atoms with Crippen LogP contribution < -0.4 is 5.73 Å². The minimum atomic E-state index is 0.829. The molecule has 0 aliphatic heterocycles. The third-order valence-corrected chi connectivity index (χ3v) is 6.62. The summed E-state index contributed by atoms with van der Waals surface area (Å²) in [4.78, 5) is 0. The number of hydrogen-bond acceptors (Lipinski definition) is 1. The Hall–Kier alpha value is -3.88. The molecule has 0 bridgehead atoms. The van der Waals surface area contributed by atoms with Crippen LogP contribution in [0.4, 0.5) is 5.69 Å². The number of hydrogen-bond donors (Lipinski definition) is 1. The lowest BCUT2D eigenvalue weighted by atomic mass is 10.0. The maximum atomic E-state index is 5.43. The fourth-order valence-electron chi connectivity index (χ4n) is 4.02. The van der Waals surface area contributed by atoms with Crippen molar-refractivity contribution in [2.24, 2.45) is 0 Å². The summed E-state index contributed by atoms with van der Waals surface area (Å²) in [6.07, 6.45) is 1.01. The van der Waals surface area contributed by atoms with E-state index < -0.39 is 0 Å². The predicted octanol–water partition coefficient (Wildman–Crippen LogP) is 9.92. The molecule has 0 radical (unpaired) electrons. The minimum absolute atomic E-state index is 0.829. The first-order valence-corrected chi connectivity index (χ1v) is 13.3. The van der Waals surface area contributed by atoms with Crippen LogP contribution in [0.3, 0.4) is 0 Å². The van der Waals surface area contributed by atoms with Crippen LogP contribution in [0.25, 0.3) is 21.5 Å². The first kappa shape index (κ1) is 26.2. The molecule has 0 amide bonds. The van der Waals surface area contributed by atoms with Crippen LogP contribution in [-0.2, 0) is 6.42 Å². The molecule has 2 heteroatoms. The van der Waals surface area contributed by atoms with Gasteiger partial charge in [-0.25, -0.2) is 0 Å². The van der Waals surface area contributed by atoms with Gasteiger partial charge in [-0.2, -0.15) is 0 Å². The molecule has 0 saturated carbocycles. The van der Waals surface area contributed by atoms with E-state index in [0.717, 1.165) is 16.6 Å². The third kappa shape index (κ3) is 8.06. The van der Waals surface area contributed by atoms with Gasteiger partial charge >= 0.3 is 0 Å². The molecule has 0 spiro atoms. The molecule has 0 heterocycles. The summed E-state index contributed by atoms with van der Waals surface area (Å²) in [5.41, 5.74) is 11.6. The maximum Gasteiger partial charge on any atom is 0.0314 e. The van der Waals surface area contributed by atoms with Gasteiger partial charge in [0, 0.05) is 10.2 Å². The standard InChI is InChI=1S/C18H16.C10H7Br.C7H9N/c1-14-6-8-15(9-7-14)12-16-10-11-17-4-2-3-5-18(17)13-16;11-10-6-5-8-3-1-2-4-9(8)7-10;1-6-2-4-7(8)5-3-6/h2-11,13H,12H2,1H3;1-7H;2-5H,8H2,1H3. The molecule has 184 valence electrons. The van der Waals surface area contributed by atoms with Gasteiger partial charge in [-0.3, -0.25) is 0 Å². The number of fused-ring (bicyclic) bond motifs is 2. The number of halogens is 1. The number of benzene rings is 6. The van der Waals surface area contributed by atoms with Crippen molar-refractivity contribution in [1.29, 1.82) is 0 Å². The molecule has 0 aliphatic carbocycles. The van der Waals surface area contributed by atoms with Crippen molar-refractivity contribution in [2.75, 3.05) is 5.73 Å². The number of rotatable bonds is 2. The lowest BCUT2D eigenvalue weighted by Gasteiger charge is -2.04. The van der Waals surface area contributed by atoms with E-state index in [2.05, 4.69) is 132 Å². The lowest BCUT2D eigenvalue weighted by molar-refractivity contribution is 1.19. The van der Waals surface area contributed by atoms with Gasteiger partial charge in [0.15, 0.2) is 0 Å². The second-order valence-corrected chi connectivity index (χ2v) is 10.2. The molecule has 1 nitrogen and oxygen atoms in total. The van der Waals surface area contributed by atoms with E-state index in [4.69, 9.17) is 5.73 Å². The van der Waals surface area contributed by atoms with E-state index in [9.17, 15) is 0 Å². The molecule has 6 rings (SSSR count). The van der Waals surface area contributed by atoms with E-state index in [-0.39, 0.29) is 0 Å². The second-order valence-electron chi connectivity index (χ2n) is 9.25. The van der Waals surface area contributed by atoms with Gasteiger partial charge < -0.3 is 5.73 Å². The van der Waals surface area contributed by atoms with E-state index in [0.29, 0.717) is 0 Å². The molecule has 0 atom stereocenters. The predicted molar refractivity (Wildman–Crippen MR) is 165 cm³/mol. The third-order valence-electron chi connectivity index (χ3n) is 6.13. The highest BCUT2D eigenvalue weighted by Gasteiger charge is 1.98. The lowest BCUT2D eigenvalue weighted by Crippen LogP contribution is -1.88. The van der Waals surface area contributed by atoms with Crippen LogP contribution >= 0.6 is 15.9 Å². The SMILES string of the molecule is Brc1ccc2ccccc2c1.Cc1ccc(Cc2ccc3ccccc3c2)cc1.Cc1ccc(N)cc1. The molecule has 6 aromatic rings. The van der Waals surface area contributed by atoms with E-state index >= 15 is 0 Å². The monoisotopic (exact) mass is 545 g/mol. The molecule has 6 aromatic carbocycles. The van der Waals surface area contributed by atoms with Crippen LogP contribution in [0.1, 0.15) is 22.3 Å². The molecule has 0 unspecified atom stereocenters. The highest BCUT2D eigenvalue weighted by Crippen LogP contribution is 2.19. The highest BCUT2D eigenvalue weighted by molar-refractivity contribution is 9.10. The Bertz CT molecular complexity index is 1550. The summed E-state index contributed by atoms with van der Waals surface area (Å²) >= 11 is 3.43. The Kier molecular flexibility index (Phi) is 9.13. The Labute approximate surface area is 228 Å². The van der Waals surface area contributed by atoms with E-state index in [1.54, 1.807) is 0 Å². The number of nitrogens with two attached hydrogens (primary N) is 1. The van der Waals surface area contributed by atoms with Gasteiger partial charge in [-0.1, -0.05) is 136 Å². The van der Waals surface area contributed by atoms with E-state index in [1.807, 2.05) is 31.2 Å². The summed E-state index contributed by atoms with van der Waals surface area (Å²) in [5.74, 6) is 0. The smallest absolute Gasteiger partial charge is 0.0314 e. The Morgan fingerprint density at radius 1 is 0.486 bits per heavy atom. The fraction of sp³-hybridized carbons (Fsp3) is 0.0857. The molecule has 0 fully saturated rings. The molecular formula is C35H32BrN. The number of aryl methyl sites for hydroxylation is 2. The van der Waals surface area contributed by atoms with Gasteiger partial charge in [0.25, 0.3) is 0 Å². The van der Waals surface area contributed by atoms with Crippen molar-refractivity contribution in [3.8, 4) is 0 Å². The topological polar surface area (TPSA) is 26.0 Å². The zero-order valence-corrected chi connectivity index (χ0v) is 23.0. The van der Waals surface area contributed by atoms with Crippen molar-refractivity contribution in [3.63, 3.8) is 0 Å². The molecule has 0 aliphatic rings. The molecular weight excluding hydrogens is 514 g/mol. The normalized spacial score (nSPS) is 10.2. The maximum absolute atomic E-state index is 5.43. The Morgan fingerprint density at radius 3 is 1.51 bits per heavy atom. The van der Waals surface area contributed by atoms with E-state index in [1.165, 1.54) is 43.8 Å². The van der Waals surface area contributed by atoms with Crippen LogP contribution in [0.15, 0.2) is 138 Å². The van der Waals surface area contributed by atoms with Crippen LogP contribution in [0, 0.1) is 13.8 Å². The highest BCUT2D eigenvalue weighted by atomic mass is 79.9. The Morgan fingerprint density at radius 2 is 0.946 bits per heavy atom. The van der Waals surface area contributed by atoms with Gasteiger partial charge in [0.1, 0.15) is 0 Å². The van der Waals surface area contributed by atoms with Gasteiger partial charge in [0.05, 0.1) is 0 Å². The number of anilines is 1. The summed E-state index contributed by atoms with van der Waals surface area (Å²) in [5, 5.41) is 5.20. The van der Waals surface area contributed by atoms with Crippen LogP contribution in [-0.4, -0.2) is 0 Å². The molecule has 0 saturated heterocycles. The minimum Gasteiger partial charge on any atom is -0.399 e. The average Bonchev–Trinajstić information content (AvgIpc) is 2.92. The quantitative estimate of drug-likeness (QED) is 0.215. The van der Waals surface area contributed by atoms with Crippen LogP contribution in [0.5, 0.6) is 0 Å². The van der Waals surface area contributed by atoms with Crippen molar-refractivity contribution < 1.29 is 0 Å². The molecule has 2 N–H and O–H groups in total. The molecule has 37 heavy (non-hydrogen) atoms. The zero-order chi connectivity index (χ0) is 26.0.